The zero-order chi connectivity index (χ0) is 31.5. The van der Waals surface area contributed by atoms with Gasteiger partial charge in [0.2, 0.25) is 11.8 Å². The molecule has 45 heavy (non-hydrogen) atoms. The number of nitrogens with two attached hydrogens (primary N) is 1. The van der Waals surface area contributed by atoms with Gasteiger partial charge >= 0.3 is 0 Å². The molecule has 0 bridgehead atoms. The number of fused-ring (bicyclic) bond motifs is 4. The van der Waals surface area contributed by atoms with Gasteiger partial charge in [-0.3, -0.25) is 9.89 Å². The second-order valence-corrected chi connectivity index (χ2v) is 13.8. The van der Waals surface area contributed by atoms with E-state index < -0.39 is 0 Å². The van der Waals surface area contributed by atoms with Gasteiger partial charge in [-0.25, -0.2) is 0 Å². The molecule has 7 rings (SSSR count). The molecule has 3 aromatic rings. The molecule has 4 heterocycles. The van der Waals surface area contributed by atoms with Gasteiger partial charge in [-0.05, 0) is 90.3 Å². The van der Waals surface area contributed by atoms with E-state index in [0.717, 1.165) is 74.2 Å². The fourth-order valence-electron chi connectivity index (χ4n) is 8.05. The molecule has 0 saturated carbocycles. The lowest BCUT2D eigenvalue weighted by atomic mass is 9.68. The fourth-order valence-corrected chi connectivity index (χ4v) is 8.05. The topological polar surface area (TPSA) is 133 Å². The van der Waals surface area contributed by atoms with Crippen LogP contribution in [0.15, 0.2) is 27.7 Å². The number of nitrogens with one attached hydrogen (secondary N) is 1. The highest BCUT2D eigenvalue weighted by Crippen LogP contribution is 2.54. The lowest BCUT2D eigenvalue weighted by molar-refractivity contribution is 0.0261. The summed E-state index contributed by atoms with van der Waals surface area (Å²) in [5, 5.41) is 8.08. The fraction of sp³-hybridized carbons (Fsp3) is 0.588. The summed E-state index contributed by atoms with van der Waals surface area (Å²) >= 11 is 0. The van der Waals surface area contributed by atoms with Crippen LogP contribution >= 0.6 is 0 Å². The van der Waals surface area contributed by atoms with Crippen LogP contribution < -0.4 is 20.5 Å². The average Bonchev–Trinajstić information content (AvgIpc) is 3.73. The Kier molecular flexibility index (Phi) is 7.61. The highest BCUT2D eigenvalue weighted by molar-refractivity contribution is 5.65. The number of aromatic nitrogens is 3. The van der Waals surface area contributed by atoms with Crippen LogP contribution in [-0.2, 0) is 29.5 Å². The molecule has 0 amide bonds. The molecule has 3 N–H and O–H groups in total. The molecule has 5 atom stereocenters. The highest BCUT2D eigenvalue weighted by atomic mass is 16.5. The van der Waals surface area contributed by atoms with Crippen molar-refractivity contribution in [1.29, 1.82) is 0 Å². The molecule has 240 valence electrons. The van der Waals surface area contributed by atoms with Gasteiger partial charge in [0.15, 0.2) is 17.3 Å². The first-order valence-corrected chi connectivity index (χ1v) is 16.2. The van der Waals surface area contributed by atoms with Crippen molar-refractivity contribution in [3.05, 3.63) is 46.2 Å². The Bertz CT molecular complexity index is 1610. The normalized spacial score (nSPS) is 27.5. The molecule has 0 unspecified atom stereocenters. The van der Waals surface area contributed by atoms with Crippen molar-refractivity contribution in [2.24, 2.45) is 4.99 Å². The minimum Gasteiger partial charge on any atom is -0.473 e. The van der Waals surface area contributed by atoms with Crippen LogP contribution in [0.5, 0.6) is 11.8 Å². The molecule has 2 aromatic heterocycles. The number of aryl methyl sites for hydroxylation is 1. The van der Waals surface area contributed by atoms with Crippen molar-refractivity contribution in [2.45, 2.75) is 101 Å². The number of nitrogens with zero attached hydrogens (tertiary/aromatic N) is 5. The number of hydrogen-bond donors (Lipinski definition) is 2. The number of benzene rings is 1. The maximum Gasteiger partial charge on any atom is 0.221 e. The van der Waals surface area contributed by atoms with Crippen molar-refractivity contribution >= 4 is 12.4 Å². The lowest BCUT2D eigenvalue weighted by Gasteiger charge is -2.44. The lowest BCUT2D eigenvalue weighted by Crippen LogP contribution is -2.67. The quantitative estimate of drug-likeness (QED) is 0.268. The van der Waals surface area contributed by atoms with Gasteiger partial charge < -0.3 is 29.8 Å². The van der Waals surface area contributed by atoms with Crippen LogP contribution in [0.1, 0.15) is 74.5 Å². The number of likely N-dealkylation sites (N-methyl/N-ethyl adjacent to an activating group) is 1. The second-order valence-electron chi connectivity index (χ2n) is 13.8. The van der Waals surface area contributed by atoms with Crippen molar-refractivity contribution in [2.75, 3.05) is 33.0 Å². The Balaban J connectivity index is 1.27. The molecule has 2 fully saturated rings. The Hall–Kier alpha value is -3.54. The SMILES string of the molecule is C=NCc1c(N)ccc2c1[C@]1(CCCc3c(-c4nc(O[C@@H](C)[C@@H]5C[C@@H](OC)CN5C)cc(O[C@@H]5CNC5(C)C)n4)noc31)CC2. The molecular weight excluding hydrogens is 570 g/mol. The van der Waals surface area contributed by atoms with E-state index in [9.17, 15) is 0 Å². The molecule has 1 aromatic carbocycles. The van der Waals surface area contributed by atoms with Gasteiger partial charge in [0.25, 0.3) is 0 Å². The molecule has 11 nitrogen and oxygen atoms in total. The maximum atomic E-state index is 6.53. The van der Waals surface area contributed by atoms with Gasteiger partial charge in [0, 0.05) is 43.1 Å². The van der Waals surface area contributed by atoms with Gasteiger partial charge in [-0.15, -0.1) is 0 Å². The summed E-state index contributed by atoms with van der Waals surface area (Å²) in [5.74, 6) is 2.28. The summed E-state index contributed by atoms with van der Waals surface area (Å²) in [7, 11) is 3.88. The van der Waals surface area contributed by atoms with E-state index in [4.69, 9.17) is 34.4 Å². The number of hydrogen-bond acceptors (Lipinski definition) is 11. The van der Waals surface area contributed by atoms with Gasteiger partial charge in [-0.2, -0.15) is 9.97 Å². The summed E-state index contributed by atoms with van der Waals surface area (Å²) < 4.78 is 24.9. The monoisotopic (exact) mass is 615 g/mol. The van der Waals surface area contributed by atoms with Crippen molar-refractivity contribution in [3.8, 4) is 23.3 Å². The van der Waals surface area contributed by atoms with Crippen LogP contribution in [0.2, 0.25) is 0 Å². The van der Waals surface area contributed by atoms with E-state index >= 15 is 0 Å². The number of nitrogen functional groups attached to an aromatic ring is 1. The Morgan fingerprint density at radius 2 is 2.04 bits per heavy atom. The molecule has 4 aliphatic rings. The van der Waals surface area contributed by atoms with Crippen molar-refractivity contribution < 1.29 is 18.7 Å². The number of rotatable bonds is 9. The van der Waals surface area contributed by atoms with Crippen LogP contribution in [0.4, 0.5) is 5.69 Å². The first-order valence-electron chi connectivity index (χ1n) is 16.2. The molecule has 0 radical (unpaired) electrons. The number of anilines is 1. The first-order chi connectivity index (χ1) is 21.6. The molecule has 2 saturated heterocycles. The molecule has 2 aliphatic carbocycles. The van der Waals surface area contributed by atoms with E-state index in [1.807, 2.05) is 6.07 Å². The minimum atomic E-state index is -0.307. The van der Waals surface area contributed by atoms with E-state index in [1.165, 1.54) is 11.1 Å². The number of methoxy groups -OCH3 is 1. The highest BCUT2D eigenvalue weighted by Gasteiger charge is 2.49. The second kappa shape index (κ2) is 11.4. The van der Waals surface area contributed by atoms with Crippen LogP contribution in [0.25, 0.3) is 11.5 Å². The summed E-state index contributed by atoms with van der Waals surface area (Å²) in [6, 6.07) is 6.14. The predicted molar refractivity (Wildman–Crippen MR) is 172 cm³/mol. The summed E-state index contributed by atoms with van der Waals surface area (Å²) in [5.41, 5.74) is 12.1. The van der Waals surface area contributed by atoms with E-state index in [1.54, 1.807) is 13.2 Å². The predicted octanol–water partition coefficient (Wildman–Crippen LogP) is 4.10. The zero-order valence-corrected chi connectivity index (χ0v) is 27.1. The van der Waals surface area contributed by atoms with Gasteiger partial charge in [-0.1, -0.05) is 11.2 Å². The van der Waals surface area contributed by atoms with E-state index in [2.05, 4.69) is 61.0 Å². The summed E-state index contributed by atoms with van der Waals surface area (Å²) in [4.78, 5) is 16.3. The van der Waals surface area contributed by atoms with E-state index in [-0.39, 0.29) is 35.3 Å². The van der Waals surface area contributed by atoms with Crippen LogP contribution in [-0.4, -0.2) is 83.9 Å². The Morgan fingerprint density at radius 3 is 2.76 bits per heavy atom. The first kappa shape index (κ1) is 30.1. The van der Waals surface area contributed by atoms with Crippen molar-refractivity contribution in [1.82, 2.24) is 25.3 Å². The minimum absolute atomic E-state index is 0.0271. The standard InChI is InChI=1S/C34H45N7O4/c1-19(25-14-21(42-6)18-41(25)5)43-27-15-28(44-26-17-37-33(26,2)3)39-32(38-27)30-22-8-7-12-34(31(22)45-40-30)13-11-20-9-10-24(35)23(16-36-4)29(20)34/h9-10,15,19,21,25-26,37H,4,7-8,11-14,16-18,35H2,1-3,5-6H3/t19-,21+,25-,26+,34-/m0/s1. The van der Waals surface area contributed by atoms with Gasteiger partial charge in [0.1, 0.15) is 12.2 Å². The van der Waals surface area contributed by atoms with Crippen LogP contribution in [0.3, 0.4) is 0 Å². The summed E-state index contributed by atoms with van der Waals surface area (Å²) in [6.45, 7) is 12.2. The molecule has 2 aliphatic heterocycles. The van der Waals surface area contributed by atoms with Crippen LogP contribution in [0, 0.1) is 0 Å². The number of likely N-dealkylation sites (tertiary alicyclic amines) is 1. The Morgan fingerprint density at radius 1 is 1.22 bits per heavy atom. The smallest absolute Gasteiger partial charge is 0.221 e. The third kappa shape index (κ3) is 5.09. The zero-order valence-electron chi connectivity index (χ0n) is 27.1. The van der Waals surface area contributed by atoms with E-state index in [0.29, 0.717) is 29.8 Å². The van der Waals surface area contributed by atoms with Gasteiger partial charge in [0.05, 0.1) is 29.7 Å². The third-order valence-corrected chi connectivity index (χ3v) is 10.7. The van der Waals surface area contributed by atoms with Crippen molar-refractivity contribution in [3.63, 3.8) is 0 Å². The average molecular weight is 616 g/mol. The number of aliphatic imine (C=N–C) groups is 1. The molecular formula is C34H45N7O4. The maximum absolute atomic E-state index is 6.53. The largest absolute Gasteiger partial charge is 0.473 e. The third-order valence-electron chi connectivity index (χ3n) is 10.7. The molecule has 11 heteroatoms. The number of ether oxygens (including phenoxy) is 3. The Labute approximate surface area is 264 Å². The summed E-state index contributed by atoms with van der Waals surface area (Å²) in [6.07, 6.45) is 5.60. The molecule has 1 spiro atoms.